The van der Waals surface area contributed by atoms with Gasteiger partial charge in [-0.25, -0.2) is 4.79 Å². The van der Waals surface area contributed by atoms with Crippen LogP contribution in [0.4, 0.5) is 4.79 Å². The first-order valence-electron chi connectivity index (χ1n) is 6.97. The molecule has 0 unspecified atom stereocenters. The molecule has 110 valence electrons. The summed E-state index contributed by atoms with van der Waals surface area (Å²) in [5.41, 5.74) is 0.951. The van der Waals surface area contributed by atoms with Gasteiger partial charge in [-0.15, -0.1) is 0 Å². The molecular formula is C15H21NO4. The van der Waals surface area contributed by atoms with Gasteiger partial charge < -0.3 is 19.8 Å². The van der Waals surface area contributed by atoms with Crippen LogP contribution in [0.2, 0.25) is 0 Å². The molecule has 5 nitrogen and oxygen atoms in total. The monoisotopic (exact) mass is 279 g/mol. The highest BCUT2D eigenvalue weighted by atomic mass is 16.6. The number of rotatable bonds is 5. The predicted molar refractivity (Wildman–Crippen MR) is 74.1 cm³/mol. The Morgan fingerprint density at radius 1 is 1.40 bits per heavy atom. The third-order valence-corrected chi connectivity index (χ3v) is 3.57. The van der Waals surface area contributed by atoms with Crippen molar-refractivity contribution in [1.29, 1.82) is 0 Å². The molecule has 0 spiro atoms. The molecule has 20 heavy (non-hydrogen) atoms. The van der Waals surface area contributed by atoms with Crippen molar-refractivity contribution in [3.63, 3.8) is 0 Å². The van der Waals surface area contributed by atoms with E-state index in [0.717, 1.165) is 18.4 Å². The number of nitrogens with zero attached hydrogens (tertiary/aromatic N) is 1. The Morgan fingerprint density at radius 3 is 2.85 bits per heavy atom. The van der Waals surface area contributed by atoms with E-state index in [4.69, 9.17) is 9.84 Å². The molecule has 2 atom stereocenters. The Kier molecular flexibility index (Phi) is 5.38. The molecule has 1 fully saturated rings. The number of aliphatic hydroxyl groups is 2. The zero-order valence-electron chi connectivity index (χ0n) is 11.4. The molecule has 0 aliphatic carbocycles. The van der Waals surface area contributed by atoms with Crippen LogP contribution in [0.5, 0.6) is 0 Å². The molecule has 1 aliphatic heterocycles. The van der Waals surface area contributed by atoms with Gasteiger partial charge in [-0.05, 0) is 24.8 Å². The minimum absolute atomic E-state index is 0.0413. The quantitative estimate of drug-likeness (QED) is 0.857. The van der Waals surface area contributed by atoms with Gasteiger partial charge in [0, 0.05) is 12.6 Å². The molecule has 1 heterocycles. The third-order valence-electron chi connectivity index (χ3n) is 3.57. The van der Waals surface area contributed by atoms with Gasteiger partial charge in [-0.3, -0.25) is 0 Å². The highest BCUT2D eigenvalue weighted by molar-refractivity contribution is 5.68. The molecule has 1 amide bonds. The largest absolute Gasteiger partial charge is 0.445 e. The van der Waals surface area contributed by atoms with E-state index in [1.54, 1.807) is 4.90 Å². The zero-order chi connectivity index (χ0) is 14.4. The molecule has 0 aromatic heterocycles. The molecule has 1 saturated heterocycles. The summed E-state index contributed by atoms with van der Waals surface area (Å²) in [5, 5.41) is 18.4. The van der Waals surface area contributed by atoms with E-state index in [-0.39, 0.29) is 25.3 Å². The first kappa shape index (κ1) is 14.8. The van der Waals surface area contributed by atoms with E-state index in [1.165, 1.54) is 0 Å². The van der Waals surface area contributed by atoms with Gasteiger partial charge in [0.1, 0.15) is 6.61 Å². The maximum absolute atomic E-state index is 12.1. The molecule has 1 aromatic rings. The molecule has 2 N–H and O–H groups in total. The van der Waals surface area contributed by atoms with Crippen molar-refractivity contribution in [2.75, 3.05) is 13.2 Å². The standard InChI is InChI=1S/C15H21NO4/c17-10-14(18)9-13-7-4-8-16(13)15(19)20-11-12-5-2-1-3-6-12/h1-3,5-6,13-14,17-18H,4,7-11H2/t13-,14+/m0/s1. The number of hydrogen-bond donors (Lipinski definition) is 2. The molecule has 0 saturated carbocycles. The van der Waals surface area contributed by atoms with Gasteiger partial charge in [-0.2, -0.15) is 0 Å². The summed E-state index contributed by atoms with van der Waals surface area (Å²) in [6.07, 6.45) is 1.03. The summed E-state index contributed by atoms with van der Waals surface area (Å²) >= 11 is 0. The first-order chi connectivity index (χ1) is 9.70. The average molecular weight is 279 g/mol. The zero-order valence-corrected chi connectivity index (χ0v) is 11.4. The lowest BCUT2D eigenvalue weighted by Crippen LogP contribution is -2.38. The fourth-order valence-corrected chi connectivity index (χ4v) is 2.51. The Morgan fingerprint density at radius 2 is 2.15 bits per heavy atom. The summed E-state index contributed by atoms with van der Waals surface area (Å²) in [4.78, 5) is 13.7. The van der Waals surface area contributed by atoms with Crippen LogP contribution in [0, 0.1) is 0 Å². The predicted octanol–water partition coefficient (Wildman–Crippen LogP) is 1.53. The molecule has 0 bridgehead atoms. The topological polar surface area (TPSA) is 70.0 Å². The van der Waals surface area contributed by atoms with E-state index in [9.17, 15) is 9.90 Å². The fraction of sp³-hybridized carbons (Fsp3) is 0.533. The molecule has 2 rings (SSSR count). The van der Waals surface area contributed by atoms with Crippen LogP contribution in [0.3, 0.4) is 0 Å². The van der Waals surface area contributed by atoms with Gasteiger partial charge in [0.15, 0.2) is 0 Å². The maximum atomic E-state index is 12.1. The summed E-state index contributed by atoms with van der Waals surface area (Å²) in [6, 6.07) is 9.49. The number of carbonyl (C=O) groups is 1. The van der Waals surface area contributed by atoms with Crippen LogP contribution in [0.1, 0.15) is 24.8 Å². The van der Waals surface area contributed by atoms with E-state index in [2.05, 4.69) is 0 Å². The SMILES string of the molecule is O=C(OCc1ccccc1)N1CCC[C@H]1C[C@@H](O)CO. The van der Waals surface area contributed by atoms with Crippen molar-refractivity contribution in [3.05, 3.63) is 35.9 Å². The van der Waals surface area contributed by atoms with Crippen molar-refractivity contribution in [2.24, 2.45) is 0 Å². The number of benzene rings is 1. The highest BCUT2D eigenvalue weighted by Gasteiger charge is 2.31. The average Bonchev–Trinajstić information content (AvgIpc) is 2.94. The maximum Gasteiger partial charge on any atom is 0.410 e. The van der Waals surface area contributed by atoms with Crippen LogP contribution in [-0.4, -0.2) is 46.5 Å². The Labute approximate surface area is 118 Å². The summed E-state index contributed by atoms with van der Waals surface area (Å²) < 4.78 is 5.30. The molecule has 0 radical (unpaired) electrons. The first-order valence-corrected chi connectivity index (χ1v) is 6.97. The van der Waals surface area contributed by atoms with Gasteiger partial charge in [0.25, 0.3) is 0 Å². The third kappa shape index (κ3) is 3.95. The fourth-order valence-electron chi connectivity index (χ4n) is 2.51. The van der Waals surface area contributed by atoms with Crippen molar-refractivity contribution in [1.82, 2.24) is 4.90 Å². The lowest BCUT2D eigenvalue weighted by atomic mass is 10.1. The lowest BCUT2D eigenvalue weighted by molar-refractivity contribution is 0.0538. The second-order valence-corrected chi connectivity index (χ2v) is 5.10. The van der Waals surface area contributed by atoms with Crippen LogP contribution >= 0.6 is 0 Å². The minimum atomic E-state index is -0.775. The van der Waals surface area contributed by atoms with Crippen molar-refractivity contribution in [3.8, 4) is 0 Å². The number of carbonyl (C=O) groups excluding carboxylic acids is 1. The molecule has 1 aromatic carbocycles. The Hall–Kier alpha value is -1.59. The molecular weight excluding hydrogens is 258 g/mol. The molecule has 5 heteroatoms. The number of ether oxygens (including phenoxy) is 1. The van der Waals surface area contributed by atoms with Crippen LogP contribution < -0.4 is 0 Å². The van der Waals surface area contributed by atoms with Crippen LogP contribution in [0.25, 0.3) is 0 Å². The van der Waals surface area contributed by atoms with E-state index in [1.807, 2.05) is 30.3 Å². The van der Waals surface area contributed by atoms with Crippen molar-refractivity contribution < 1.29 is 19.7 Å². The smallest absolute Gasteiger partial charge is 0.410 e. The number of amides is 1. The highest BCUT2D eigenvalue weighted by Crippen LogP contribution is 2.22. The Balaban J connectivity index is 1.84. The van der Waals surface area contributed by atoms with Crippen LogP contribution in [0.15, 0.2) is 30.3 Å². The van der Waals surface area contributed by atoms with Gasteiger partial charge >= 0.3 is 6.09 Å². The van der Waals surface area contributed by atoms with Gasteiger partial charge in [0.2, 0.25) is 0 Å². The second kappa shape index (κ2) is 7.26. The van der Waals surface area contributed by atoms with Crippen LogP contribution in [-0.2, 0) is 11.3 Å². The van der Waals surface area contributed by atoms with Crippen molar-refractivity contribution in [2.45, 2.75) is 38.0 Å². The van der Waals surface area contributed by atoms with Gasteiger partial charge in [0.05, 0.1) is 12.7 Å². The number of likely N-dealkylation sites (tertiary alicyclic amines) is 1. The molecule has 1 aliphatic rings. The number of aliphatic hydroxyl groups excluding tert-OH is 2. The van der Waals surface area contributed by atoms with E-state index < -0.39 is 6.10 Å². The minimum Gasteiger partial charge on any atom is -0.445 e. The summed E-state index contributed by atoms with van der Waals surface area (Å²) in [6.45, 7) is 0.630. The normalized spacial score (nSPS) is 19.9. The summed E-state index contributed by atoms with van der Waals surface area (Å²) in [5.74, 6) is 0. The van der Waals surface area contributed by atoms with E-state index in [0.29, 0.717) is 13.0 Å². The second-order valence-electron chi connectivity index (χ2n) is 5.10. The van der Waals surface area contributed by atoms with Gasteiger partial charge in [-0.1, -0.05) is 30.3 Å². The Bertz CT molecular complexity index is 423. The van der Waals surface area contributed by atoms with Crippen molar-refractivity contribution >= 4 is 6.09 Å². The number of hydrogen-bond acceptors (Lipinski definition) is 4. The lowest BCUT2D eigenvalue weighted by Gasteiger charge is -2.25. The van der Waals surface area contributed by atoms with E-state index >= 15 is 0 Å². The summed E-state index contributed by atoms with van der Waals surface area (Å²) in [7, 11) is 0.